The van der Waals surface area contributed by atoms with Crippen LogP contribution < -0.4 is 5.73 Å². The summed E-state index contributed by atoms with van der Waals surface area (Å²) in [5.74, 6) is -0.414. The van der Waals surface area contributed by atoms with Crippen LogP contribution in [0.2, 0.25) is 0 Å². The van der Waals surface area contributed by atoms with Crippen LogP contribution in [0.15, 0.2) is 30.3 Å². The van der Waals surface area contributed by atoms with E-state index in [-0.39, 0.29) is 12.6 Å². The number of amides is 2. The number of esters is 1. The third kappa shape index (κ3) is 2.69. The van der Waals surface area contributed by atoms with Crippen LogP contribution in [0.4, 0.5) is 4.79 Å². The Morgan fingerprint density at radius 1 is 1.38 bits per heavy atom. The molecule has 1 aromatic carbocycles. The van der Waals surface area contributed by atoms with Gasteiger partial charge in [0.05, 0.1) is 6.04 Å². The lowest BCUT2D eigenvalue weighted by molar-refractivity contribution is 0.0416. The second kappa shape index (κ2) is 5.47. The highest BCUT2D eigenvalue weighted by molar-refractivity contribution is 5.94. The van der Waals surface area contributed by atoms with Crippen molar-refractivity contribution in [3.63, 3.8) is 0 Å². The Morgan fingerprint density at radius 3 is 2.95 bits per heavy atom. The van der Waals surface area contributed by atoms with Gasteiger partial charge in [-0.2, -0.15) is 0 Å². The molecule has 3 N–H and O–H groups in total. The molecule has 0 radical (unpaired) electrons. The Hall–Kier alpha value is -2.50. The number of para-hydroxylation sites is 1. The van der Waals surface area contributed by atoms with Crippen molar-refractivity contribution in [2.24, 2.45) is 5.73 Å². The van der Waals surface area contributed by atoms with Crippen molar-refractivity contribution in [3.05, 3.63) is 36.0 Å². The first kappa shape index (κ1) is 13.5. The van der Waals surface area contributed by atoms with Crippen LogP contribution in [0.25, 0.3) is 10.9 Å². The van der Waals surface area contributed by atoms with Gasteiger partial charge in [0.1, 0.15) is 12.3 Å². The molecule has 1 fully saturated rings. The van der Waals surface area contributed by atoms with E-state index in [4.69, 9.17) is 10.5 Å². The fourth-order valence-electron chi connectivity index (χ4n) is 2.73. The number of likely N-dealkylation sites (tertiary alicyclic amines) is 1. The molecule has 1 aromatic heterocycles. The van der Waals surface area contributed by atoms with E-state index in [9.17, 15) is 9.59 Å². The van der Waals surface area contributed by atoms with Gasteiger partial charge in [0.25, 0.3) is 0 Å². The molecule has 0 saturated carbocycles. The van der Waals surface area contributed by atoms with Crippen molar-refractivity contribution < 1.29 is 14.3 Å². The van der Waals surface area contributed by atoms with E-state index in [1.165, 1.54) is 0 Å². The van der Waals surface area contributed by atoms with Gasteiger partial charge in [0, 0.05) is 17.4 Å². The number of hydrogen-bond acceptors (Lipinski definition) is 3. The van der Waals surface area contributed by atoms with Crippen LogP contribution in [0.5, 0.6) is 0 Å². The summed E-state index contributed by atoms with van der Waals surface area (Å²) in [6, 6.07) is 8.82. The van der Waals surface area contributed by atoms with E-state index < -0.39 is 12.0 Å². The topological polar surface area (TPSA) is 88.4 Å². The Balaban J connectivity index is 1.65. The zero-order valence-corrected chi connectivity index (χ0v) is 11.5. The van der Waals surface area contributed by atoms with Crippen molar-refractivity contribution >= 4 is 22.9 Å². The molecular formula is C15H17N3O3. The quantitative estimate of drug-likeness (QED) is 0.845. The van der Waals surface area contributed by atoms with Crippen LogP contribution in [0.3, 0.4) is 0 Å². The fraction of sp³-hybridized carbons (Fsp3) is 0.333. The Morgan fingerprint density at radius 2 is 2.19 bits per heavy atom. The maximum atomic E-state index is 12.1. The summed E-state index contributed by atoms with van der Waals surface area (Å²) in [5.41, 5.74) is 6.61. The normalized spacial score (nSPS) is 18.1. The number of aromatic amines is 1. The van der Waals surface area contributed by atoms with Crippen molar-refractivity contribution in [2.45, 2.75) is 18.9 Å². The van der Waals surface area contributed by atoms with Gasteiger partial charge in [-0.3, -0.25) is 0 Å². The number of nitrogens with one attached hydrogen (secondary N) is 1. The largest absolute Gasteiger partial charge is 0.459 e. The molecule has 2 amide bonds. The summed E-state index contributed by atoms with van der Waals surface area (Å²) in [5, 5.41) is 0.962. The van der Waals surface area contributed by atoms with Crippen molar-refractivity contribution in [2.75, 3.05) is 13.2 Å². The van der Waals surface area contributed by atoms with Crippen molar-refractivity contribution in [1.82, 2.24) is 9.88 Å². The van der Waals surface area contributed by atoms with Crippen LogP contribution in [-0.4, -0.2) is 41.1 Å². The number of nitrogens with two attached hydrogens (primary N) is 1. The number of hydrogen-bond donors (Lipinski definition) is 2. The zero-order valence-electron chi connectivity index (χ0n) is 11.5. The molecule has 2 heterocycles. The number of nitrogens with zero attached hydrogens (tertiary/aromatic N) is 1. The number of aromatic nitrogens is 1. The van der Waals surface area contributed by atoms with E-state index in [1.54, 1.807) is 11.0 Å². The van der Waals surface area contributed by atoms with Crippen LogP contribution in [0.1, 0.15) is 23.3 Å². The van der Waals surface area contributed by atoms with Crippen LogP contribution in [-0.2, 0) is 4.74 Å². The Labute approximate surface area is 121 Å². The van der Waals surface area contributed by atoms with Gasteiger partial charge < -0.3 is 20.4 Å². The Kier molecular flexibility index (Phi) is 3.51. The fourth-order valence-corrected chi connectivity index (χ4v) is 2.73. The molecule has 6 heteroatoms. The Bertz CT molecular complexity index is 647. The van der Waals surface area contributed by atoms with E-state index in [0.717, 1.165) is 23.7 Å². The summed E-state index contributed by atoms with van der Waals surface area (Å²) >= 11 is 0. The number of primary amides is 1. The van der Waals surface area contributed by atoms with Gasteiger partial charge in [-0.1, -0.05) is 18.2 Å². The van der Waals surface area contributed by atoms with Crippen LogP contribution >= 0.6 is 0 Å². The number of benzene rings is 1. The number of carbonyl (C=O) groups is 2. The lowest BCUT2D eigenvalue weighted by Gasteiger charge is -2.21. The molecule has 2 aromatic rings. The number of H-pyrrole nitrogens is 1. The second-order valence-electron chi connectivity index (χ2n) is 5.20. The average molecular weight is 287 g/mol. The highest BCUT2D eigenvalue weighted by atomic mass is 16.5. The molecule has 1 saturated heterocycles. The maximum Gasteiger partial charge on any atom is 0.354 e. The highest BCUT2D eigenvalue weighted by Crippen LogP contribution is 2.19. The van der Waals surface area contributed by atoms with E-state index >= 15 is 0 Å². The van der Waals surface area contributed by atoms with E-state index in [1.807, 2.05) is 24.3 Å². The van der Waals surface area contributed by atoms with Gasteiger partial charge in [0.15, 0.2) is 0 Å². The van der Waals surface area contributed by atoms with Gasteiger partial charge in [0.2, 0.25) is 0 Å². The summed E-state index contributed by atoms with van der Waals surface area (Å²) in [6.45, 7) is 0.807. The third-order valence-corrected chi connectivity index (χ3v) is 3.82. The lowest BCUT2D eigenvalue weighted by atomic mass is 10.2. The standard InChI is InChI=1S/C15H17N3O3/c16-15(20)18-7-3-5-11(18)9-21-14(19)13-8-10-4-1-2-6-12(10)17-13/h1-2,4,6,8,11,17H,3,5,7,9H2,(H2,16,20)/t11-/m0/s1. The predicted molar refractivity (Wildman–Crippen MR) is 77.9 cm³/mol. The molecule has 0 bridgehead atoms. The van der Waals surface area contributed by atoms with E-state index in [2.05, 4.69) is 4.98 Å². The third-order valence-electron chi connectivity index (χ3n) is 3.82. The monoisotopic (exact) mass is 287 g/mol. The first-order valence-corrected chi connectivity index (χ1v) is 6.96. The van der Waals surface area contributed by atoms with Gasteiger partial charge in [-0.25, -0.2) is 9.59 Å². The minimum atomic E-state index is -0.459. The summed E-state index contributed by atoms with van der Waals surface area (Å²) in [6.07, 6.45) is 1.69. The molecule has 3 rings (SSSR count). The van der Waals surface area contributed by atoms with Gasteiger partial charge in [-0.05, 0) is 25.0 Å². The molecule has 110 valence electrons. The minimum Gasteiger partial charge on any atom is -0.459 e. The van der Waals surface area contributed by atoms with E-state index in [0.29, 0.717) is 12.2 Å². The predicted octanol–water partition coefficient (Wildman–Crippen LogP) is 1.87. The summed E-state index contributed by atoms with van der Waals surface area (Å²) in [7, 11) is 0. The average Bonchev–Trinajstić information content (AvgIpc) is 3.10. The number of carbonyl (C=O) groups excluding carboxylic acids is 2. The molecule has 0 aliphatic carbocycles. The van der Waals surface area contributed by atoms with Gasteiger partial charge >= 0.3 is 12.0 Å². The molecule has 6 nitrogen and oxygen atoms in total. The SMILES string of the molecule is NC(=O)N1CCC[C@H]1COC(=O)c1cc2ccccc2[nH]1. The minimum absolute atomic E-state index is 0.115. The molecule has 1 atom stereocenters. The van der Waals surface area contributed by atoms with Crippen molar-refractivity contribution in [3.8, 4) is 0 Å². The molecule has 21 heavy (non-hydrogen) atoms. The summed E-state index contributed by atoms with van der Waals surface area (Å²) in [4.78, 5) is 27.9. The molecule has 1 aliphatic rings. The highest BCUT2D eigenvalue weighted by Gasteiger charge is 2.28. The smallest absolute Gasteiger partial charge is 0.354 e. The van der Waals surface area contributed by atoms with Crippen LogP contribution in [0, 0.1) is 0 Å². The van der Waals surface area contributed by atoms with Gasteiger partial charge in [-0.15, -0.1) is 0 Å². The number of rotatable bonds is 3. The molecule has 1 aliphatic heterocycles. The first-order chi connectivity index (χ1) is 10.1. The second-order valence-corrected chi connectivity index (χ2v) is 5.20. The lowest BCUT2D eigenvalue weighted by Crippen LogP contribution is -2.41. The first-order valence-electron chi connectivity index (χ1n) is 6.96. The maximum absolute atomic E-state index is 12.1. The number of urea groups is 1. The van der Waals surface area contributed by atoms with Crippen molar-refractivity contribution in [1.29, 1.82) is 0 Å². The summed E-state index contributed by atoms with van der Waals surface area (Å²) < 4.78 is 5.30. The zero-order chi connectivity index (χ0) is 14.8. The molecule has 0 spiro atoms. The number of fused-ring (bicyclic) bond motifs is 1. The molecule has 0 unspecified atom stereocenters. The molecular weight excluding hydrogens is 270 g/mol. The number of ether oxygens (including phenoxy) is 1.